The Morgan fingerprint density at radius 3 is 1.54 bits per heavy atom. The van der Waals surface area contributed by atoms with Gasteiger partial charge in [-0.2, -0.15) is 23.7 Å². The molecule has 4 N–H and O–H groups in total. The summed E-state index contributed by atoms with van der Waals surface area (Å²) in [7, 11) is 0. The molecule has 23 nitrogen and oxygen atoms in total. The molecular formula is C50H49Cl3F2N16O7S3. The van der Waals surface area contributed by atoms with Crippen LogP contribution in [0.3, 0.4) is 0 Å². The molecule has 3 amide bonds. The number of nitrogens with zero attached hydrogens (tertiary/aromatic N) is 13. The third-order valence-corrected chi connectivity index (χ3v) is 12.3. The van der Waals surface area contributed by atoms with Crippen LogP contribution in [0.1, 0.15) is 59.3 Å². The van der Waals surface area contributed by atoms with E-state index in [9.17, 15) is 37.5 Å². The average Bonchev–Trinajstić information content (AvgIpc) is 4.22. The SMILES string of the molecule is CC(=O)c1nn(CC(=O)N2C[C@H](F)C[C@H]2C(=O)Nc2cncc(Cl)n2)c2ccc(-c3cnc(C)nc3)cc12.CC(=O)c1nn(CC(=O)O)c2ccc(-c3cnc(C)nc3)cc12.Cl.O=C(Nc1cncc(Cl)n1)[C@@H]1C[C@@H](F)CN1.S.S=S. The van der Waals surface area contributed by atoms with E-state index in [1.54, 1.807) is 56.8 Å². The summed E-state index contributed by atoms with van der Waals surface area (Å²) >= 11 is 18.8. The van der Waals surface area contributed by atoms with E-state index in [0.717, 1.165) is 22.3 Å². The number of aliphatic carboxylic acids is 1. The van der Waals surface area contributed by atoms with Crippen LogP contribution in [-0.4, -0.2) is 142 Å². The van der Waals surface area contributed by atoms with E-state index < -0.39 is 42.2 Å². The predicted molar refractivity (Wildman–Crippen MR) is 309 cm³/mol. The summed E-state index contributed by atoms with van der Waals surface area (Å²) in [6, 6.07) is 9.19. The average molecular weight is 1230 g/mol. The summed E-state index contributed by atoms with van der Waals surface area (Å²) in [4.78, 5) is 106. The van der Waals surface area contributed by atoms with Gasteiger partial charge >= 0.3 is 5.97 Å². The van der Waals surface area contributed by atoms with Crippen molar-refractivity contribution < 1.29 is 42.7 Å². The fourth-order valence-electron chi connectivity index (χ4n) is 8.34. The number of carbonyl (C=O) groups is 6. The highest BCUT2D eigenvalue weighted by molar-refractivity contribution is 8.07. The number of halogens is 5. The van der Waals surface area contributed by atoms with E-state index in [0.29, 0.717) is 33.5 Å². The van der Waals surface area contributed by atoms with E-state index in [4.69, 9.17) is 28.3 Å². The first-order chi connectivity index (χ1) is 37.8. The molecule has 10 rings (SSSR count). The third-order valence-electron chi connectivity index (χ3n) is 11.9. The van der Waals surface area contributed by atoms with Gasteiger partial charge in [-0.25, -0.2) is 38.7 Å². The van der Waals surface area contributed by atoms with Crippen LogP contribution in [0.5, 0.6) is 0 Å². The van der Waals surface area contributed by atoms with Crippen LogP contribution < -0.4 is 16.0 Å². The summed E-state index contributed by atoms with van der Waals surface area (Å²) in [5.74, 6) is -1.27. The lowest BCUT2D eigenvalue weighted by Crippen LogP contribution is -2.44. The van der Waals surface area contributed by atoms with Gasteiger partial charge in [0, 0.05) is 102 Å². The van der Waals surface area contributed by atoms with E-state index in [1.807, 2.05) is 18.2 Å². The Labute approximate surface area is 493 Å². The maximum atomic E-state index is 14.4. The number of ketones is 2. The second kappa shape index (κ2) is 29.2. The number of benzene rings is 2. The van der Waals surface area contributed by atoms with Crippen LogP contribution in [0.25, 0.3) is 44.1 Å². The zero-order valence-electron chi connectivity index (χ0n) is 43.1. The molecule has 0 radical (unpaired) electrons. The summed E-state index contributed by atoms with van der Waals surface area (Å²) in [5, 5.41) is 26.8. The molecule has 0 spiro atoms. The Morgan fingerprint density at radius 2 is 1.12 bits per heavy atom. The van der Waals surface area contributed by atoms with Crippen LogP contribution in [0.4, 0.5) is 20.4 Å². The predicted octanol–water partition coefficient (Wildman–Crippen LogP) is 6.41. The van der Waals surface area contributed by atoms with Crippen molar-refractivity contribution in [3.05, 3.63) is 119 Å². The molecule has 0 bridgehead atoms. The third kappa shape index (κ3) is 16.5. The largest absolute Gasteiger partial charge is 0.480 e. The van der Waals surface area contributed by atoms with Crippen molar-refractivity contribution in [1.29, 1.82) is 0 Å². The molecule has 424 valence electrons. The van der Waals surface area contributed by atoms with Crippen molar-refractivity contribution in [2.75, 3.05) is 23.7 Å². The van der Waals surface area contributed by atoms with E-state index in [1.165, 1.54) is 52.9 Å². The molecule has 2 saturated heterocycles. The Bertz CT molecular complexity index is 3590. The number of hydrogen-bond acceptors (Lipinski definition) is 19. The Kier molecular flexibility index (Phi) is 23.2. The van der Waals surface area contributed by atoms with Gasteiger partial charge in [-0.05, 0) is 49.2 Å². The van der Waals surface area contributed by atoms with Crippen molar-refractivity contribution in [3.63, 3.8) is 0 Å². The highest BCUT2D eigenvalue weighted by Gasteiger charge is 2.40. The molecular weight excluding hydrogens is 1180 g/mol. The van der Waals surface area contributed by atoms with Crippen molar-refractivity contribution in [1.82, 2.24) is 69.6 Å². The number of carboxylic acid groups (broad SMARTS) is 1. The Balaban J connectivity index is 0.000000238. The molecule has 8 aromatic rings. The number of amides is 3. The van der Waals surface area contributed by atoms with E-state index >= 15 is 0 Å². The molecule has 2 aliphatic rings. The first-order valence-corrected chi connectivity index (χ1v) is 25.8. The van der Waals surface area contributed by atoms with Crippen molar-refractivity contribution in [2.24, 2.45) is 0 Å². The van der Waals surface area contributed by atoms with Crippen LogP contribution >= 0.6 is 49.1 Å². The summed E-state index contributed by atoms with van der Waals surface area (Å²) in [6.07, 6.45) is 9.81. The lowest BCUT2D eigenvalue weighted by Gasteiger charge is -2.23. The monoisotopic (exact) mass is 1220 g/mol. The number of carbonyl (C=O) groups excluding carboxylic acids is 5. The number of hydrogen-bond donors (Lipinski definition) is 4. The number of nitrogens with one attached hydrogen (secondary N) is 3. The highest BCUT2D eigenvalue weighted by Crippen LogP contribution is 2.29. The van der Waals surface area contributed by atoms with Crippen molar-refractivity contribution >= 4 is 140 Å². The number of anilines is 2. The second-order valence-corrected chi connectivity index (χ2v) is 18.4. The number of aromatic nitrogens is 12. The first kappa shape index (κ1) is 64.2. The van der Waals surface area contributed by atoms with Gasteiger partial charge in [0.05, 0.1) is 48.4 Å². The van der Waals surface area contributed by atoms with Gasteiger partial charge in [0.2, 0.25) is 17.7 Å². The number of alkyl halides is 2. The van der Waals surface area contributed by atoms with Crippen molar-refractivity contribution in [3.8, 4) is 22.3 Å². The second-order valence-electron chi connectivity index (χ2n) is 17.6. The van der Waals surface area contributed by atoms with Gasteiger partial charge in [-0.3, -0.25) is 48.1 Å². The van der Waals surface area contributed by atoms with Crippen LogP contribution in [0, 0.1) is 13.8 Å². The van der Waals surface area contributed by atoms with Crippen LogP contribution in [0.15, 0.2) is 86.0 Å². The molecule has 8 heterocycles. The van der Waals surface area contributed by atoms with Gasteiger partial charge < -0.3 is 26.0 Å². The van der Waals surface area contributed by atoms with Crippen LogP contribution in [-0.2, 0) is 54.6 Å². The number of likely N-dealkylation sites (tertiary alicyclic amines) is 1. The van der Waals surface area contributed by atoms with E-state index in [-0.39, 0.29) is 116 Å². The minimum atomic E-state index is -1.37. The number of fused-ring (bicyclic) bond motifs is 2. The fraction of sp³-hybridized carbons (Fsp3) is 0.280. The lowest BCUT2D eigenvalue weighted by molar-refractivity contribution is -0.138. The maximum absolute atomic E-state index is 14.4. The fourth-order valence-corrected chi connectivity index (χ4v) is 8.63. The molecule has 0 unspecified atom stereocenters. The molecule has 31 heteroatoms. The molecule has 2 aliphatic heterocycles. The zero-order chi connectivity index (χ0) is 57.1. The first-order valence-electron chi connectivity index (χ1n) is 23.7. The number of rotatable bonds is 12. The standard InChI is InChI=1S/C25H22ClFN8O3.C16H14N4O3.C9H10ClFN4O.ClH.S2.H2S/c1-13(36)24-18-5-15(16-7-29-14(2)30-8-16)3-4-19(18)35(33-24)12-23(37)34-11-17(27)6-20(34)25(38)32-22-10-28-9-21(26)31-22;1-9(21)16-13-5-11(12-6-17-10(2)18-7-12)3-4-14(13)20(19-16)8-15(22)23;10-7-3-12-4-8(14-7)15-9(16)6-1-5(11)2-13-6;;1-2;/h3-5,7-10,17,20H,6,11-12H2,1-2H3,(H,31,32,38);3-7H,8H2,1-2H3,(H,22,23);3-6,13H,1-2H2,(H,14,15,16);1H;;1H2/t17-,20+;;5-,6+;;;/m1.1.../s1. The van der Waals surface area contributed by atoms with Gasteiger partial charge in [-0.15, -0.1) is 12.4 Å². The molecule has 6 aromatic heterocycles. The smallest absolute Gasteiger partial charge is 0.325 e. The maximum Gasteiger partial charge on any atom is 0.325 e. The molecule has 81 heavy (non-hydrogen) atoms. The Hall–Kier alpha value is -7.60. The molecule has 0 aliphatic carbocycles. The van der Waals surface area contributed by atoms with Gasteiger partial charge in [0.25, 0.3) is 0 Å². The van der Waals surface area contributed by atoms with Gasteiger partial charge in [0.1, 0.15) is 64.8 Å². The number of carboxylic acids is 1. The quantitative estimate of drug-likeness (QED) is 0.0960. The van der Waals surface area contributed by atoms with E-state index in [2.05, 4.69) is 88.4 Å². The zero-order valence-corrected chi connectivity index (χ0v) is 48.0. The van der Waals surface area contributed by atoms with Gasteiger partial charge in [-0.1, -0.05) is 35.3 Å². The lowest BCUT2D eigenvalue weighted by atomic mass is 10.0. The molecule has 2 fully saturated rings. The minimum absolute atomic E-state index is 0. The highest BCUT2D eigenvalue weighted by atomic mass is 35.5. The molecule has 2 aromatic carbocycles. The normalized spacial score (nSPS) is 16.0. The van der Waals surface area contributed by atoms with Crippen molar-refractivity contribution in [2.45, 2.75) is 78.1 Å². The van der Waals surface area contributed by atoms with Gasteiger partial charge in [0.15, 0.2) is 23.2 Å². The number of aryl methyl sites for hydroxylation is 2. The summed E-state index contributed by atoms with van der Waals surface area (Å²) < 4.78 is 29.9. The van der Waals surface area contributed by atoms with Crippen LogP contribution in [0.2, 0.25) is 10.3 Å². The topological polar surface area (TPSA) is 301 Å². The minimum Gasteiger partial charge on any atom is -0.480 e. The number of Topliss-reactive ketones (excluding diaryl/α,β-unsaturated/α-hetero) is 2. The molecule has 0 saturated carbocycles. The summed E-state index contributed by atoms with van der Waals surface area (Å²) in [5.41, 5.74) is 4.82. The molecule has 4 atom stereocenters. The summed E-state index contributed by atoms with van der Waals surface area (Å²) in [6.45, 7) is 5.77. The Morgan fingerprint density at radius 1 is 0.667 bits per heavy atom.